The van der Waals surface area contributed by atoms with Crippen LogP contribution in [0.25, 0.3) is 0 Å². The molecule has 0 heterocycles. The lowest BCUT2D eigenvalue weighted by Gasteiger charge is -2.56. The first-order valence-corrected chi connectivity index (χ1v) is 7.01. The van der Waals surface area contributed by atoms with Crippen molar-refractivity contribution in [3.05, 3.63) is 12.2 Å². The molecule has 0 nitrogen and oxygen atoms in total. The standard InChI is InChI=1S/C15H22/c1-2-11(1)3-4-15-8-12-5-13(9-15)7-14(6-12)10-15/h3-4,11-14H,1-2,5-10H2. The Bertz CT molecular complexity index is 260. The normalized spacial score (nSPS) is 52.9. The van der Waals surface area contributed by atoms with Gasteiger partial charge in [0.1, 0.15) is 0 Å². The average molecular weight is 202 g/mol. The fraction of sp³-hybridized carbons (Fsp3) is 0.867. The Morgan fingerprint density at radius 2 is 1.33 bits per heavy atom. The summed E-state index contributed by atoms with van der Waals surface area (Å²) in [7, 11) is 0. The second-order valence-electron chi connectivity index (χ2n) is 6.98. The van der Waals surface area contributed by atoms with Crippen LogP contribution >= 0.6 is 0 Å². The van der Waals surface area contributed by atoms with Gasteiger partial charge in [-0.15, -0.1) is 0 Å². The molecule has 0 aromatic heterocycles. The molecular weight excluding hydrogens is 180 g/mol. The first-order valence-electron chi connectivity index (χ1n) is 7.01. The minimum atomic E-state index is 0.692. The van der Waals surface area contributed by atoms with E-state index in [9.17, 15) is 0 Å². The molecule has 15 heavy (non-hydrogen) atoms. The van der Waals surface area contributed by atoms with Gasteiger partial charge >= 0.3 is 0 Å². The van der Waals surface area contributed by atoms with Crippen LogP contribution in [0.1, 0.15) is 51.4 Å². The molecule has 0 N–H and O–H groups in total. The van der Waals surface area contributed by atoms with E-state index in [0.29, 0.717) is 5.41 Å². The molecule has 4 bridgehead atoms. The van der Waals surface area contributed by atoms with Crippen molar-refractivity contribution in [2.75, 3.05) is 0 Å². The summed E-state index contributed by atoms with van der Waals surface area (Å²) < 4.78 is 0. The van der Waals surface area contributed by atoms with Gasteiger partial charge in [0, 0.05) is 0 Å². The zero-order valence-electron chi connectivity index (χ0n) is 9.62. The second kappa shape index (κ2) is 2.90. The summed E-state index contributed by atoms with van der Waals surface area (Å²) in [5.41, 5.74) is 0.692. The van der Waals surface area contributed by atoms with Crippen LogP contribution in [0.3, 0.4) is 0 Å². The Morgan fingerprint density at radius 1 is 0.800 bits per heavy atom. The van der Waals surface area contributed by atoms with Crippen molar-refractivity contribution in [3.63, 3.8) is 0 Å². The van der Waals surface area contributed by atoms with E-state index in [0.717, 1.165) is 23.7 Å². The van der Waals surface area contributed by atoms with Crippen molar-refractivity contribution < 1.29 is 0 Å². The summed E-state index contributed by atoms with van der Waals surface area (Å²) in [6, 6.07) is 0. The monoisotopic (exact) mass is 202 g/mol. The molecule has 5 rings (SSSR count). The Labute approximate surface area is 93.1 Å². The summed E-state index contributed by atoms with van der Waals surface area (Å²) in [4.78, 5) is 0. The maximum Gasteiger partial charge on any atom is -0.0110 e. The van der Waals surface area contributed by atoms with Gasteiger partial charge in [0.15, 0.2) is 0 Å². The van der Waals surface area contributed by atoms with E-state index in [1.165, 1.54) is 12.8 Å². The van der Waals surface area contributed by atoms with Gasteiger partial charge in [-0.25, -0.2) is 0 Å². The largest absolute Gasteiger partial charge is 0.0849 e. The molecule has 5 aliphatic carbocycles. The number of hydrogen-bond acceptors (Lipinski definition) is 0. The predicted octanol–water partition coefficient (Wildman–Crippen LogP) is 4.17. The van der Waals surface area contributed by atoms with Crippen LogP contribution in [-0.4, -0.2) is 0 Å². The smallest absolute Gasteiger partial charge is 0.0110 e. The van der Waals surface area contributed by atoms with E-state index in [-0.39, 0.29) is 0 Å². The van der Waals surface area contributed by atoms with Gasteiger partial charge in [0.25, 0.3) is 0 Å². The van der Waals surface area contributed by atoms with E-state index < -0.39 is 0 Å². The Hall–Kier alpha value is -0.260. The summed E-state index contributed by atoms with van der Waals surface area (Å²) >= 11 is 0. The van der Waals surface area contributed by atoms with Gasteiger partial charge < -0.3 is 0 Å². The lowest BCUT2D eigenvalue weighted by atomic mass is 9.49. The highest BCUT2D eigenvalue weighted by atomic mass is 14.5. The van der Waals surface area contributed by atoms with Gasteiger partial charge in [-0.05, 0) is 80.5 Å². The fourth-order valence-corrected chi connectivity index (χ4v) is 5.01. The molecule has 0 unspecified atom stereocenters. The minimum absolute atomic E-state index is 0.692. The molecule has 5 fully saturated rings. The minimum Gasteiger partial charge on any atom is -0.0849 e. The van der Waals surface area contributed by atoms with Crippen molar-refractivity contribution in [2.45, 2.75) is 51.4 Å². The van der Waals surface area contributed by atoms with E-state index in [4.69, 9.17) is 0 Å². The highest BCUT2D eigenvalue weighted by Gasteiger charge is 2.49. The molecule has 0 aromatic rings. The molecule has 0 atom stereocenters. The number of hydrogen-bond donors (Lipinski definition) is 0. The van der Waals surface area contributed by atoms with Crippen molar-refractivity contribution in [1.82, 2.24) is 0 Å². The van der Waals surface area contributed by atoms with Crippen molar-refractivity contribution in [1.29, 1.82) is 0 Å². The first kappa shape index (κ1) is 8.84. The van der Waals surface area contributed by atoms with Crippen LogP contribution in [-0.2, 0) is 0 Å². The van der Waals surface area contributed by atoms with Crippen LogP contribution in [0.5, 0.6) is 0 Å². The molecule has 0 aliphatic heterocycles. The summed E-state index contributed by atoms with van der Waals surface area (Å²) in [6.45, 7) is 0. The zero-order valence-corrected chi connectivity index (χ0v) is 9.62. The molecule has 0 saturated heterocycles. The third-order valence-electron chi connectivity index (χ3n) is 5.43. The Morgan fingerprint density at radius 3 is 1.80 bits per heavy atom. The molecule has 0 spiro atoms. The highest BCUT2D eigenvalue weighted by Crippen LogP contribution is 2.60. The highest BCUT2D eigenvalue weighted by molar-refractivity contribution is 5.12. The van der Waals surface area contributed by atoms with Crippen LogP contribution < -0.4 is 0 Å². The van der Waals surface area contributed by atoms with Gasteiger partial charge in [0.05, 0.1) is 0 Å². The third kappa shape index (κ3) is 1.48. The van der Waals surface area contributed by atoms with E-state index in [2.05, 4.69) is 12.2 Å². The Balaban J connectivity index is 1.59. The van der Waals surface area contributed by atoms with Gasteiger partial charge in [-0.1, -0.05) is 12.2 Å². The van der Waals surface area contributed by atoms with Gasteiger partial charge in [-0.2, -0.15) is 0 Å². The first-order chi connectivity index (χ1) is 7.31. The molecule has 0 heteroatoms. The van der Waals surface area contributed by atoms with Crippen LogP contribution in [0.15, 0.2) is 12.2 Å². The predicted molar refractivity (Wildman–Crippen MR) is 62.5 cm³/mol. The second-order valence-corrected chi connectivity index (χ2v) is 6.98. The molecule has 0 aromatic carbocycles. The van der Waals surface area contributed by atoms with Crippen LogP contribution in [0.2, 0.25) is 0 Å². The lowest BCUT2D eigenvalue weighted by molar-refractivity contribution is -0.0239. The molecule has 0 amide bonds. The summed E-state index contributed by atoms with van der Waals surface area (Å²) in [6.07, 6.45) is 17.6. The maximum atomic E-state index is 2.68. The van der Waals surface area contributed by atoms with Crippen molar-refractivity contribution in [3.8, 4) is 0 Å². The maximum absolute atomic E-state index is 2.68. The Kier molecular flexibility index (Phi) is 1.71. The van der Waals surface area contributed by atoms with E-state index >= 15 is 0 Å². The van der Waals surface area contributed by atoms with Crippen molar-refractivity contribution >= 4 is 0 Å². The SMILES string of the molecule is C(=CC12CC3CC(CC(C3)C1)C2)C1CC1. The molecule has 0 radical (unpaired) electrons. The third-order valence-corrected chi connectivity index (χ3v) is 5.43. The van der Waals surface area contributed by atoms with E-state index in [1.54, 1.807) is 38.5 Å². The van der Waals surface area contributed by atoms with Gasteiger partial charge in [-0.3, -0.25) is 0 Å². The van der Waals surface area contributed by atoms with E-state index in [1.807, 2.05) is 0 Å². The number of rotatable bonds is 2. The fourth-order valence-electron chi connectivity index (χ4n) is 5.01. The molecule has 82 valence electrons. The molecular formula is C15H22. The molecule has 5 aliphatic rings. The zero-order chi connectivity index (χ0) is 9.88. The quantitative estimate of drug-likeness (QED) is 0.590. The average Bonchev–Trinajstić information content (AvgIpc) is 2.95. The lowest BCUT2D eigenvalue weighted by Crippen LogP contribution is -2.44. The topological polar surface area (TPSA) is 0 Å². The van der Waals surface area contributed by atoms with Gasteiger partial charge in [0.2, 0.25) is 0 Å². The molecule has 5 saturated carbocycles. The summed E-state index contributed by atoms with van der Waals surface area (Å²) in [5, 5.41) is 0. The summed E-state index contributed by atoms with van der Waals surface area (Å²) in [5.74, 6) is 4.32. The van der Waals surface area contributed by atoms with Crippen molar-refractivity contribution in [2.24, 2.45) is 29.1 Å². The van der Waals surface area contributed by atoms with Crippen LogP contribution in [0.4, 0.5) is 0 Å². The van der Waals surface area contributed by atoms with Crippen LogP contribution in [0, 0.1) is 29.1 Å². The number of allylic oxidation sites excluding steroid dienone is 2.